The predicted octanol–water partition coefficient (Wildman–Crippen LogP) is 2.15. The molecule has 0 radical (unpaired) electrons. The molecule has 0 amide bonds. The maximum Gasteiger partial charge on any atom is 0.241 e. The van der Waals surface area contributed by atoms with Crippen molar-refractivity contribution < 1.29 is 8.42 Å². The van der Waals surface area contributed by atoms with Gasteiger partial charge in [-0.05, 0) is 36.9 Å². The van der Waals surface area contributed by atoms with E-state index in [1.54, 1.807) is 12.1 Å². The van der Waals surface area contributed by atoms with Crippen LogP contribution in [-0.2, 0) is 10.0 Å². The van der Waals surface area contributed by atoms with E-state index in [0.29, 0.717) is 17.4 Å². The molecule has 0 aliphatic carbocycles. The molecule has 1 fully saturated rings. The zero-order chi connectivity index (χ0) is 14.0. The largest absolute Gasteiger partial charge is 0.316 e. The molecule has 114 valence electrons. The predicted molar refractivity (Wildman–Crippen MR) is 87.4 cm³/mol. The lowest BCUT2D eigenvalue weighted by Crippen LogP contribution is -2.30. The Hall–Kier alpha value is -1.14. The van der Waals surface area contributed by atoms with Crippen LogP contribution in [0.1, 0.15) is 6.42 Å². The summed E-state index contributed by atoms with van der Waals surface area (Å²) in [6.45, 7) is 2.36. The van der Waals surface area contributed by atoms with Gasteiger partial charge >= 0.3 is 0 Å². The van der Waals surface area contributed by atoms with Crippen molar-refractivity contribution in [2.24, 2.45) is 5.92 Å². The van der Waals surface area contributed by atoms with Crippen LogP contribution < -0.4 is 10.0 Å². The van der Waals surface area contributed by atoms with E-state index in [4.69, 9.17) is 0 Å². The lowest BCUT2D eigenvalue weighted by atomic mass is 10.1. The molecule has 21 heavy (non-hydrogen) atoms. The van der Waals surface area contributed by atoms with Crippen molar-refractivity contribution in [3.63, 3.8) is 0 Å². The molecular weight excluding hydrogens is 308 g/mol. The first kappa shape index (κ1) is 16.2. The molecule has 2 N–H and O–H groups in total. The Morgan fingerprint density at radius 3 is 2.67 bits per heavy atom. The fourth-order valence-electron chi connectivity index (χ4n) is 2.62. The molecule has 0 spiro atoms. The average Bonchev–Trinajstić information content (AvgIpc) is 2.98. The highest BCUT2D eigenvalue weighted by atomic mass is 35.5. The van der Waals surface area contributed by atoms with E-state index in [0.717, 1.165) is 30.3 Å². The van der Waals surface area contributed by atoms with Crippen molar-refractivity contribution in [1.82, 2.24) is 10.0 Å². The first-order valence-corrected chi connectivity index (χ1v) is 8.33. The number of benzene rings is 2. The molecule has 1 saturated heterocycles. The molecule has 0 bridgehead atoms. The summed E-state index contributed by atoms with van der Waals surface area (Å²) in [6, 6.07) is 12.9. The second-order valence-corrected chi connectivity index (χ2v) is 6.92. The Bertz CT molecular complexity index is 707. The third-order valence-electron chi connectivity index (χ3n) is 3.76. The molecule has 2 aromatic carbocycles. The van der Waals surface area contributed by atoms with Crippen molar-refractivity contribution >= 4 is 33.2 Å². The third-order valence-corrected chi connectivity index (χ3v) is 5.25. The van der Waals surface area contributed by atoms with E-state index in [1.807, 2.05) is 30.3 Å². The summed E-state index contributed by atoms with van der Waals surface area (Å²) >= 11 is 0. The Labute approximate surface area is 131 Å². The van der Waals surface area contributed by atoms with E-state index in [1.165, 1.54) is 0 Å². The lowest BCUT2D eigenvalue weighted by molar-refractivity contribution is 0.539. The van der Waals surface area contributed by atoms with E-state index < -0.39 is 10.0 Å². The van der Waals surface area contributed by atoms with Crippen LogP contribution in [0, 0.1) is 5.92 Å². The summed E-state index contributed by atoms with van der Waals surface area (Å²) in [4.78, 5) is 0.363. The molecule has 1 unspecified atom stereocenters. The molecule has 2 aromatic rings. The van der Waals surface area contributed by atoms with Crippen molar-refractivity contribution in [1.29, 1.82) is 0 Å². The fraction of sp³-hybridized carbons (Fsp3) is 0.333. The summed E-state index contributed by atoms with van der Waals surface area (Å²) in [5, 5.41) is 4.96. The van der Waals surface area contributed by atoms with Crippen LogP contribution in [0.2, 0.25) is 0 Å². The highest BCUT2D eigenvalue weighted by molar-refractivity contribution is 7.89. The average molecular weight is 327 g/mol. The van der Waals surface area contributed by atoms with E-state index >= 15 is 0 Å². The van der Waals surface area contributed by atoms with Crippen molar-refractivity contribution in [2.45, 2.75) is 11.3 Å². The fourth-order valence-corrected chi connectivity index (χ4v) is 3.97. The van der Waals surface area contributed by atoms with Gasteiger partial charge in [0.1, 0.15) is 0 Å². The summed E-state index contributed by atoms with van der Waals surface area (Å²) in [7, 11) is -3.45. The van der Waals surface area contributed by atoms with Crippen molar-refractivity contribution in [3.05, 3.63) is 42.5 Å². The van der Waals surface area contributed by atoms with Gasteiger partial charge < -0.3 is 5.32 Å². The van der Waals surface area contributed by atoms with E-state index in [9.17, 15) is 8.42 Å². The first-order chi connectivity index (χ1) is 9.67. The summed E-state index contributed by atoms with van der Waals surface area (Å²) in [6.07, 6.45) is 1.03. The van der Waals surface area contributed by atoms with Gasteiger partial charge in [0.15, 0.2) is 0 Å². The van der Waals surface area contributed by atoms with Gasteiger partial charge in [0.25, 0.3) is 0 Å². The Morgan fingerprint density at radius 2 is 1.90 bits per heavy atom. The van der Waals surface area contributed by atoms with E-state index in [2.05, 4.69) is 10.0 Å². The number of hydrogen-bond donors (Lipinski definition) is 2. The van der Waals surface area contributed by atoms with Gasteiger partial charge in [0.05, 0.1) is 4.90 Å². The zero-order valence-electron chi connectivity index (χ0n) is 11.6. The summed E-state index contributed by atoms with van der Waals surface area (Å²) in [5.74, 6) is 0.389. The lowest BCUT2D eigenvalue weighted by Gasteiger charge is -2.12. The number of rotatable bonds is 4. The number of nitrogens with one attached hydrogen (secondary N) is 2. The van der Waals surface area contributed by atoms with Gasteiger partial charge in [-0.2, -0.15) is 0 Å². The smallest absolute Gasteiger partial charge is 0.241 e. The number of sulfonamides is 1. The van der Waals surface area contributed by atoms with Crippen LogP contribution in [0.5, 0.6) is 0 Å². The monoisotopic (exact) mass is 326 g/mol. The van der Waals surface area contributed by atoms with Crippen LogP contribution in [0.4, 0.5) is 0 Å². The summed E-state index contributed by atoms with van der Waals surface area (Å²) < 4.78 is 27.7. The molecule has 6 heteroatoms. The van der Waals surface area contributed by atoms with Gasteiger partial charge in [-0.3, -0.25) is 0 Å². The number of halogens is 1. The summed E-state index contributed by atoms with van der Waals surface area (Å²) in [5.41, 5.74) is 0. The topological polar surface area (TPSA) is 58.2 Å². The molecule has 1 heterocycles. The standard InChI is InChI=1S/C15H18N2O2S.ClH/c18-20(19,17-11-12-8-9-16-10-12)15-7-3-5-13-4-1-2-6-14(13)15;/h1-7,12,16-17H,8-11H2;1H. The molecule has 1 aliphatic rings. The van der Waals surface area contributed by atoms with Crippen LogP contribution in [0.15, 0.2) is 47.4 Å². The molecule has 4 nitrogen and oxygen atoms in total. The highest BCUT2D eigenvalue weighted by Gasteiger charge is 2.20. The number of fused-ring (bicyclic) bond motifs is 1. The van der Waals surface area contributed by atoms with Crippen LogP contribution >= 0.6 is 12.4 Å². The van der Waals surface area contributed by atoms with Gasteiger partial charge in [0, 0.05) is 11.9 Å². The van der Waals surface area contributed by atoms with Crippen molar-refractivity contribution in [3.8, 4) is 0 Å². The Kier molecular flexibility index (Phi) is 5.22. The maximum absolute atomic E-state index is 12.5. The SMILES string of the molecule is Cl.O=S(=O)(NCC1CCNC1)c1cccc2ccccc12. The zero-order valence-corrected chi connectivity index (χ0v) is 13.2. The molecule has 0 saturated carbocycles. The minimum absolute atomic E-state index is 0. The van der Waals surface area contributed by atoms with Crippen LogP contribution in [0.25, 0.3) is 10.8 Å². The highest BCUT2D eigenvalue weighted by Crippen LogP contribution is 2.22. The Balaban J connectivity index is 0.00000161. The van der Waals surface area contributed by atoms with Gasteiger partial charge in [-0.1, -0.05) is 36.4 Å². The van der Waals surface area contributed by atoms with Gasteiger partial charge in [-0.25, -0.2) is 13.1 Å². The molecule has 0 aromatic heterocycles. The first-order valence-electron chi connectivity index (χ1n) is 6.85. The maximum atomic E-state index is 12.5. The van der Waals surface area contributed by atoms with E-state index in [-0.39, 0.29) is 12.4 Å². The molecule has 3 rings (SSSR count). The third kappa shape index (κ3) is 3.55. The number of hydrogen-bond acceptors (Lipinski definition) is 3. The van der Waals surface area contributed by atoms with Gasteiger partial charge in [-0.15, -0.1) is 12.4 Å². The van der Waals surface area contributed by atoms with Crippen molar-refractivity contribution in [2.75, 3.05) is 19.6 Å². The minimum atomic E-state index is -3.45. The van der Waals surface area contributed by atoms with Crippen LogP contribution in [0.3, 0.4) is 0 Å². The Morgan fingerprint density at radius 1 is 1.14 bits per heavy atom. The second-order valence-electron chi connectivity index (χ2n) is 5.19. The van der Waals surface area contributed by atoms with Gasteiger partial charge in [0.2, 0.25) is 10.0 Å². The quantitative estimate of drug-likeness (QED) is 0.905. The second kappa shape index (κ2) is 6.75. The van der Waals surface area contributed by atoms with Crippen LogP contribution in [-0.4, -0.2) is 28.1 Å². The molecule has 1 aliphatic heterocycles. The minimum Gasteiger partial charge on any atom is -0.316 e. The normalized spacial score (nSPS) is 18.6. The molecular formula is C15H19ClN2O2S. The molecule has 1 atom stereocenters.